The maximum absolute atomic E-state index is 10.5. The van der Waals surface area contributed by atoms with Gasteiger partial charge in [0.15, 0.2) is 5.82 Å². The summed E-state index contributed by atoms with van der Waals surface area (Å²) < 4.78 is 0. The Hall–Kier alpha value is -2.31. The van der Waals surface area contributed by atoms with Crippen molar-refractivity contribution in [3.8, 4) is 5.82 Å². The molecule has 0 fully saturated rings. The maximum Gasteiger partial charge on any atom is 0.287 e. The van der Waals surface area contributed by atoms with E-state index in [4.69, 9.17) is 0 Å². The number of aromatic nitrogens is 4. The van der Waals surface area contributed by atoms with E-state index in [1.54, 1.807) is 6.92 Å². The number of rotatable bonds is 2. The highest BCUT2D eigenvalue weighted by atomic mass is 16.6. The molecule has 0 radical (unpaired) electrons. The smallest absolute Gasteiger partial charge is 0.258 e. The molecule has 15 heavy (non-hydrogen) atoms. The van der Waals surface area contributed by atoms with Crippen molar-refractivity contribution in [2.75, 3.05) is 0 Å². The molecule has 0 aliphatic rings. The Bertz CT molecular complexity index is 494. The van der Waals surface area contributed by atoms with Gasteiger partial charge in [-0.2, -0.15) is 10.2 Å². The van der Waals surface area contributed by atoms with Gasteiger partial charge in [0.2, 0.25) is 0 Å². The molecule has 0 spiro atoms. The second-order valence-corrected chi connectivity index (χ2v) is 2.91. The quantitative estimate of drug-likeness (QED) is 0.536. The van der Waals surface area contributed by atoms with Crippen LogP contribution in [0.25, 0.3) is 5.82 Å². The molecule has 76 valence electrons. The average Bonchev–Trinajstić information content (AvgIpc) is 2.70. The molecule has 0 amide bonds. The number of pyridine rings is 1. The Labute approximate surface area is 84.5 Å². The summed E-state index contributed by atoms with van der Waals surface area (Å²) in [5.41, 5.74) is 0.615. The maximum atomic E-state index is 10.5. The summed E-state index contributed by atoms with van der Waals surface area (Å²) >= 11 is 0. The highest BCUT2D eigenvalue weighted by Crippen LogP contribution is 2.15. The lowest BCUT2D eigenvalue weighted by atomic mass is 10.3. The Kier molecular flexibility index (Phi) is 2.13. The van der Waals surface area contributed by atoms with Gasteiger partial charge in [-0.1, -0.05) is 0 Å². The first-order valence-electron chi connectivity index (χ1n) is 4.16. The standard InChI is InChI=1S/C8H7N5O2/c1-6-4-7(13(14)15)5-9-8(6)12-10-2-3-11-12/h2-5H,1H3. The van der Waals surface area contributed by atoms with E-state index >= 15 is 0 Å². The van der Waals surface area contributed by atoms with Crippen molar-refractivity contribution in [3.63, 3.8) is 0 Å². The summed E-state index contributed by atoms with van der Waals surface area (Å²) in [6, 6.07) is 1.44. The molecule has 2 rings (SSSR count). The molecule has 2 aromatic heterocycles. The van der Waals surface area contributed by atoms with Crippen LogP contribution in [0.2, 0.25) is 0 Å². The van der Waals surface area contributed by atoms with Crippen LogP contribution >= 0.6 is 0 Å². The average molecular weight is 205 g/mol. The van der Waals surface area contributed by atoms with E-state index < -0.39 is 4.92 Å². The Balaban J connectivity index is 2.48. The minimum atomic E-state index is -0.486. The van der Waals surface area contributed by atoms with Gasteiger partial charge in [-0.25, -0.2) is 4.98 Å². The molecule has 0 aliphatic carbocycles. The third-order valence-electron chi connectivity index (χ3n) is 1.86. The first-order valence-corrected chi connectivity index (χ1v) is 4.16. The molecule has 7 nitrogen and oxygen atoms in total. The van der Waals surface area contributed by atoms with Gasteiger partial charge in [0.25, 0.3) is 5.69 Å². The molecule has 0 aromatic carbocycles. The van der Waals surface area contributed by atoms with E-state index in [2.05, 4.69) is 15.2 Å². The van der Waals surface area contributed by atoms with Crippen molar-refractivity contribution in [2.24, 2.45) is 0 Å². The number of nitro groups is 1. The van der Waals surface area contributed by atoms with E-state index in [-0.39, 0.29) is 5.69 Å². The van der Waals surface area contributed by atoms with Gasteiger partial charge in [-0.05, 0) is 6.92 Å². The SMILES string of the molecule is Cc1cc([N+](=O)[O-])cnc1-n1nccn1. The summed E-state index contributed by atoms with van der Waals surface area (Å²) in [5.74, 6) is 0.491. The fourth-order valence-corrected chi connectivity index (χ4v) is 1.19. The van der Waals surface area contributed by atoms with E-state index in [1.807, 2.05) is 0 Å². The molecule has 0 bridgehead atoms. The number of hydrogen-bond donors (Lipinski definition) is 0. The van der Waals surface area contributed by atoms with Crippen LogP contribution in [0.1, 0.15) is 5.56 Å². The molecule has 0 N–H and O–H groups in total. The predicted molar refractivity (Wildman–Crippen MR) is 50.5 cm³/mol. The lowest BCUT2D eigenvalue weighted by Gasteiger charge is -2.01. The molecule has 2 heterocycles. The topological polar surface area (TPSA) is 86.7 Å². The van der Waals surface area contributed by atoms with Gasteiger partial charge in [0.1, 0.15) is 6.20 Å². The van der Waals surface area contributed by atoms with Crippen LogP contribution in [0.4, 0.5) is 5.69 Å². The lowest BCUT2D eigenvalue weighted by molar-refractivity contribution is -0.385. The molecule has 0 unspecified atom stereocenters. The first kappa shape index (κ1) is 9.25. The molecular weight excluding hydrogens is 198 g/mol. The van der Waals surface area contributed by atoms with Gasteiger partial charge >= 0.3 is 0 Å². The van der Waals surface area contributed by atoms with Crippen molar-refractivity contribution in [3.05, 3.63) is 40.3 Å². The summed E-state index contributed by atoms with van der Waals surface area (Å²) in [4.78, 5) is 15.2. The second kappa shape index (κ2) is 3.45. The first-order chi connectivity index (χ1) is 7.18. The summed E-state index contributed by atoms with van der Waals surface area (Å²) in [6.07, 6.45) is 4.22. The molecule has 0 saturated heterocycles. The minimum Gasteiger partial charge on any atom is -0.258 e. The van der Waals surface area contributed by atoms with E-state index in [0.29, 0.717) is 11.4 Å². The van der Waals surface area contributed by atoms with Gasteiger partial charge in [-0.15, -0.1) is 4.80 Å². The zero-order valence-corrected chi connectivity index (χ0v) is 7.86. The zero-order chi connectivity index (χ0) is 10.8. The van der Waals surface area contributed by atoms with Crippen molar-refractivity contribution in [1.29, 1.82) is 0 Å². The number of aryl methyl sites for hydroxylation is 1. The fourth-order valence-electron chi connectivity index (χ4n) is 1.19. The Morgan fingerprint density at radius 2 is 2.07 bits per heavy atom. The summed E-state index contributed by atoms with van der Waals surface area (Å²) in [5, 5.41) is 18.3. The predicted octanol–water partition coefficient (Wildman–Crippen LogP) is 0.879. The van der Waals surface area contributed by atoms with Gasteiger partial charge in [0, 0.05) is 11.6 Å². The van der Waals surface area contributed by atoms with Crippen molar-refractivity contribution in [1.82, 2.24) is 20.0 Å². The molecular formula is C8H7N5O2. The highest BCUT2D eigenvalue weighted by molar-refractivity contribution is 5.39. The largest absolute Gasteiger partial charge is 0.287 e. The van der Waals surface area contributed by atoms with Crippen LogP contribution in [0.3, 0.4) is 0 Å². The third-order valence-corrected chi connectivity index (χ3v) is 1.86. The van der Waals surface area contributed by atoms with Crippen molar-refractivity contribution >= 4 is 5.69 Å². The van der Waals surface area contributed by atoms with Gasteiger partial charge in [0.05, 0.1) is 17.3 Å². The molecule has 0 atom stereocenters. The van der Waals surface area contributed by atoms with Crippen LogP contribution in [-0.4, -0.2) is 24.9 Å². The number of hydrogen-bond acceptors (Lipinski definition) is 5. The lowest BCUT2D eigenvalue weighted by Crippen LogP contribution is -2.04. The van der Waals surface area contributed by atoms with Gasteiger partial charge in [-0.3, -0.25) is 10.1 Å². The minimum absolute atomic E-state index is 0.0385. The van der Waals surface area contributed by atoms with Crippen LogP contribution < -0.4 is 0 Å². The molecule has 0 saturated carbocycles. The van der Waals surface area contributed by atoms with Crippen LogP contribution in [0.15, 0.2) is 24.7 Å². The third kappa shape index (κ3) is 1.66. The molecule has 7 heteroatoms. The highest BCUT2D eigenvalue weighted by Gasteiger charge is 2.11. The summed E-state index contributed by atoms with van der Waals surface area (Å²) in [7, 11) is 0. The van der Waals surface area contributed by atoms with Crippen molar-refractivity contribution < 1.29 is 4.92 Å². The van der Waals surface area contributed by atoms with Crippen LogP contribution in [-0.2, 0) is 0 Å². The Morgan fingerprint density at radius 3 is 2.60 bits per heavy atom. The van der Waals surface area contributed by atoms with Gasteiger partial charge < -0.3 is 0 Å². The monoisotopic (exact) mass is 205 g/mol. The Morgan fingerprint density at radius 1 is 1.40 bits per heavy atom. The van der Waals surface area contributed by atoms with Crippen LogP contribution in [0.5, 0.6) is 0 Å². The second-order valence-electron chi connectivity index (χ2n) is 2.91. The van der Waals surface area contributed by atoms with Crippen molar-refractivity contribution in [2.45, 2.75) is 6.92 Å². The summed E-state index contributed by atoms with van der Waals surface area (Å²) in [6.45, 7) is 1.72. The van der Waals surface area contributed by atoms with E-state index in [0.717, 1.165) is 0 Å². The molecule has 2 aromatic rings. The number of nitrogens with zero attached hydrogens (tertiary/aromatic N) is 5. The normalized spacial score (nSPS) is 10.2. The zero-order valence-electron chi connectivity index (χ0n) is 7.86. The van der Waals surface area contributed by atoms with Crippen LogP contribution in [0, 0.1) is 17.0 Å². The fraction of sp³-hybridized carbons (Fsp3) is 0.125. The van der Waals surface area contributed by atoms with E-state index in [1.165, 1.54) is 29.5 Å². The van der Waals surface area contributed by atoms with E-state index in [9.17, 15) is 10.1 Å². The molecule has 0 aliphatic heterocycles.